The molecule has 0 spiro atoms. The number of hydrogen-bond donors (Lipinski definition) is 2. The largest absolute Gasteiger partial charge is 0.478 e. The van der Waals surface area contributed by atoms with Crippen LogP contribution in [0, 0.1) is 5.92 Å². The highest BCUT2D eigenvalue weighted by atomic mass is 16.6. The Labute approximate surface area is 108 Å². The molecule has 1 amide bonds. The van der Waals surface area contributed by atoms with Crippen molar-refractivity contribution in [3.63, 3.8) is 0 Å². The summed E-state index contributed by atoms with van der Waals surface area (Å²) >= 11 is 0. The van der Waals surface area contributed by atoms with Gasteiger partial charge in [-0.2, -0.15) is 0 Å². The van der Waals surface area contributed by atoms with Crippen LogP contribution >= 0.6 is 0 Å². The van der Waals surface area contributed by atoms with Crippen LogP contribution in [0.4, 0.5) is 4.79 Å². The Morgan fingerprint density at radius 2 is 1.78 bits per heavy atom. The highest BCUT2D eigenvalue weighted by molar-refractivity contribution is 5.81. The highest BCUT2D eigenvalue weighted by Gasteiger charge is 2.22. The molecule has 104 valence electrons. The van der Waals surface area contributed by atoms with Gasteiger partial charge in [-0.1, -0.05) is 13.8 Å². The second-order valence-corrected chi connectivity index (χ2v) is 5.59. The van der Waals surface area contributed by atoms with Crippen molar-refractivity contribution in [2.24, 2.45) is 5.92 Å². The first-order chi connectivity index (χ1) is 8.03. The number of ether oxygens (including phenoxy) is 1. The lowest BCUT2D eigenvalue weighted by Gasteiger charge is -2.26. The van der Waals surface area contributed by atoms with E-state index >= 15 is 0 Å². The zero-order chi connectivity index (χ0) is 14.5. The maximum Gasteiger partial charge on any atom is 0.408 e. The minimum Gasteiger partial charge on any atom is -0.478 e. The van der Waals surface area contributed by atoms with Gasteiger partial charge in [0.1, 0.15) is 5.60 Å². The minimum absolute atomic E-state index is 0.0770. The SMILES string of the molecule is C/C(=C\C(=O)O)C(NC(=O)OC(C)(C)C)C(C)C. The van der Waals surface area contributed by atoms with E-state index < -0.39 is 17.7 Å². The molecule has 0 fully saturated rings. The normalized spacial score (nSPS) is 14.3. The second kappa shape index (κ2) is 6.42. The molecule has 0 radical (unpaired) electrons. The van der Waals surface area contributed by atoms with Gasteiger partial charge in [-0.15, -0.1) is 0 Å². The summed E-state index contributed by atoms with van der Waals surface area (Å²) in [6.45, 7) is 10.8. The predicted molar refractivity (Wildman–Crippen MR) is 69.4 cm³/mol. The van der Waals surface area contributed by atoms with Gasteiger partial charge in [0, 0.05) is 6.08 Å². The van der Waals surface area contributed by atoms with Gasteiger partial charge < -0.3 is 15.2 Å². The molecule has 0 aromatic carbocycles. The molecule has 1 atom stereocenters. The molecule has 5 nitrogen and oxygen atoms in total. The van der Waals surface area contributed by atoms with Crippen molar-refractivity contribution >= 4 is 12.1 Å². The van der Waals surface area contributed by atoms with E-state index in [9.17, 15) is 9.59 Å². The number of carbonyl (C=O) groups is 2. The number of nitrogens with one attached hydrogen (secondary N) is 1. The van der Waals surface area contributed by atoms with Crippen LogP contribution in [0.5, 0.6) is 0 Å². The van der Waals surface area contributed by atoms with E-state index in [0.717, 1.165) is 6.08 Å². The number of rotatable bonds is 4. The molecule has 2 N–H and O–H groups in total. The lowest BCUT2D eigenvalue weighted by molar-refractivity contribution is -0.131. The van der Waals surface area contributed by atoms with Crippen LogP contribution in [0.15, 0.2) is 11.6 Å². The van der Waals surface area contributed by atoms with Crippen LogP contribution in [0.25, 0.3) is 0 Å². The van der Waals surface area contributed by atoms with Gasteiger partial charge in [0.25, 0.3) is 0 Å². The van der Waals surface area contributed by atoms with Gasteiger partial charge >= 0.3 is 12.1 Å². The van der Waals surface area contributed by atoms with Crippen molar-refractivity contribution in [2.75, 3.05) is 0 Å². The van der Waals surface area contributed by atoms with Crippen LogP contribution in [0.1, 0.15) is 41.5 Å². The molecule has 1 unspecified atom stereocenters. The number of carbonyl (C=O) groups excluding carboxylic acids is 1. The maximum atomic E-state index is 11.7. The summed E-state index contributed by atoms with van der Waals surface area (Å²) in [5.41, 5.74) is 0.0131. The van der Waals surface area contributed by atoms with Gasteiger partial charge in [-0.25, -0.2) is 9.59 Å². The van der Waals surface area contributed by atoms with Crippen LogP contribution in [-0.4, -0.2) is 28.8 Å². The fourth-order valence-electron chi connectivity index (χ4n) is 1.53. The Kier molecular flexibility index (Phi) is 5.88. The third kappa shape index (κ3) is 6.93. The van der Waals surface area contributed by atoms with E-state index in [0.29, 0.717) is 5.57 Å². The first kappa shape index (κ1) is 16.5. The van der Waals surface area contributed by atoms with Gasteiger partial charge in [0.2, 0.25) is 0 Å². The topological polar surface area (TPSA) is 75.6 Å². The molecule has 0 aromatic rings. The van der Waals surface area contributed by atoms with E-state index in [1.54, 1.807) is 27.7 Å². The molecule has 0 saturated carbocycles. The minimum atomic E-state index is -1.02. The van der Waals surface area contributed by atoms with Crippen molar-refractivity contribution in [3.8, 4) is 0 Å². The monoisotopic (exact) mass is 257 g/mol. The first-order valence-corrected chi connectivity index (χ1v) is 5.93. The third-order valence-corrected chi connectivity index (χ3v) is 2.18. The zero-order valence-corrected chi connectivity index (χ0v) is 11.9. The molecule has 0 aliphatic heterocycles. The highest BCUT2D eigenvalue weighted by Crippen LogP contribution is 2.13. The molecule has 0 heterocycles. The first-order valence-electron chi connectivity index (χ1n) is 5.93. The number of carboxylic acid groups (broad SMARTS) is 1. The lowest BCUT2D eigenvalue weighted by atomic mass is 9.97. The van der Waals surface area contributed by atoms with E-state index in [4.69, 9.17) is 9.84 Å². The smallest absolute Gasteiger partial charge is 0.408 e. The van der Waals surface area contributed by atoms with Crippen molar-refractivity contribution < 1.29 is 19.4 Å². The van der Waals surface area contributed by atoms with Crippen LogP contribution < -0.4 is 5.32 Å². The summed E-state index contributed by atoms with van der Waals surface area (Å²) in [5.74, 6) is -0.947. The van der Waals surface area contributed by atoms with Crippen molar-refractivity contribution in [3.05, 3.63) is 11.6 Å². The lowest BCUT2D eigenvalue weighted by Crippen LogP contribution is -2.42. The Bertz CT molecular complexity index is 339. The number of aliphatic carboxylic acids is 1. The molecule has 18 heavy (non-hydrogen) atoms. The number of carboxylic acids is 1. The van der Waals surface area contributed by atoms with Gasteiger partial charge in [0.05, 0.1) is 6.04 Å². The molecular formula is C13H23NO4. The van der Waals surface area contributed by atoms with Crippen LogP contribution in [-0.2, 0) is 9.53 Å². The summed E-state index contributed by atoms with van der Waals surface area (Å²) in [6.07, 6.45) is 0.557. The molecule has 0 aliphatic carbocycles. The van der Waals surface area contributed by atoms with Crippen molar-refractivity contribution in [1.82, 2.24) is 5.32 Å². The summed E-state index contributed by atoms with van der Waals surface area (Å²) in [7, 11) is 0. The van der Waals surface area contributed by atoms with E-state index in [-0.39, 0.29) is 12.0 Å². The predicted octanol–water partition coefficient (Wildman–Crippen LogP) is 2.57. The van der Waals surface area contributed by atoms with E-state index in [2.05, 4.69) is 5.32 Å². The Morgan fingerprint density at radius 3 is 2.11 bits per heavy atom. The summed E-state index contributed by atoms with van der Waals surface area (Å²) < 4.78 is 5.15. The number of alkyl carbamates (subject to hydrolysis) is 1. The van der Waals surface area contributed by atoms with E-state index in [1.165, 1.54) is 0 Å². The molecular weight excluding hydrogens is 234 g/mol. The third-order valence-electron chi connectivity index (χ3n) is 2.18. The number of hydrogen-bond acceptors (Lipinski definition) is 3. The summed E-state index contributed by atoms with van der Waals surface area (Å²) in [5, 5.41) is 11.4. The molecule has 0 bridgehead atoms. The molecule has 0 aliphatic rings. The molecule has 0 rings (SSSR count). The Morgan fingerprint density at radius 1 is 1.28 bits per heavy atom. The van der Waals surface area contributed by atoms with E-state index in [1.807, 2.05) is 13.8 Å². The average Bonchev–Trinajstić information content (AvgIpc) is 2.09. The van der Waals surface area contributed by atoms with Crippen LogP contribution in [0.3, 0.4) is 0 Å². The standard InChI is InChI=1S/C13H23NO4/c1-8(2)11(9(3)7-10(15)16)14-12(17)18-13(4,5)6/h7-8,11H,1-6H3,(H,14,17)(H,15,16)/b9-7+. The molecule has 0 aromatic heterocycles. The fraction of sp³-hybridized carbons (Fsp3) is 0.692. The zero-order valence-electron chi connectivity index (χ0n) is 11.9. The van der Waals surface area contributed by atoms with Crippen molar-refractivity contribution in [2.45, 2.75) is 53.2 Å². The molecule has 0 saturated heterocycles. The summed E-state index contributed by atoms with van der Waals surface area (Å²) in [6, 6.07) is -0.351. The number of amides is 1. The Hall–Kier alpha value is -1.52. The average molecular weight is 257 g/mol. The molecule has 5 heteroatoms. The maximum absolute atomic E-state index is 11.7. The Balaban J connectivity index is 4.75. The fourth-order valence-corrected chi connectivity index (χ4v) is 1.53. The van der Waals surface area contributed by atoms with Crippen molar-refractivity contribution in [1.29, 1.82) is 0 Å². The van der Waals surface area contributed by atoms with Gasteiger partial charge in [-0.3, -0.25) is 0 Å². The van der Waals surface area contributed by atoms with Crippen LogP contribution in [0.2, 0.25) is 0 Å². The summed E-state index contributed by atoms with van der Waals surface area (Å²) in [4.78, 5) is 22.3. The van der Waals surface area contributed by atoms with Gasteiger partial charge in [0.15, 0.2) is 0 Å². The quantitative estimate of drug-likeness (QED) is 0.759. The van der Waals surface area contributed by atoms with Gasteiger partial charge in [-0.05, 0) is 39.2 Å². The second-order valence-electron chi connectivity index (χ2n) is 5.59.